The van der Waals surface area contributed by atoms with E-state index in [0.29, 0.717) is 37.1 Å². The number of phosphoric acid groups is 1. The molecule has 1 saturated heterocycles. The first-order valence-electron chi connectivity index (χ1n) is 8.77. The zero-order chi connectivity index (χ0) is 18.7. The molecule has 4 rings (SSSR count). The summed E-state index contributed by atoms with van der Waals surface area (Å²) in [6, 6.07) is 14.8. The van der Waals surface area contributed by atoms with Crippen LogP contribution < -0.4 is 9.83 Å². The highest BCUT2D eigenvalue weighted by Gasteiger charge is 2.37. The van der Waals surface area contributed by atoms with Gasteiger partial charge in [-0.2, -0.15) is 0 Å². The summed E-state index contributed by atoms with van der Waals surface area (Å²) in [5.74, 6) is 0.532. The quantitative estimate of drug-likeness (QED) is 0.511. The Kier molecular flexibility index (Phi) is 5.51. The van der Waals surface area contributed by atoms with E-state index in [4.69, 9.17) is 22.6 Å². The first-order valence-corrected chi connectivity index (χ1v) is 11.8. The van der Waals surface area contributed by atoms with Gasteiger partial charge in [0.25, 0.3) is 0 Å². The van der Waals surface area contributed by atoms with E-state index in [9.17, 15) is 9.13 Å². The zero-order valence-corrected chi connectivity index (χ0v) is 16.4. The SMILES string of the molecule is O=P1(OCCCOP2(=O)Oc3ccccc3-c3ccccc32)OCCCO1. The second-order valence-corrected chi connectivity index (χ2v) is 9.68. The van der Waals surface area contributed by atoms with Gasteiger partial charge in [0, 0.05) is 11.1 Å². The lowest BCUT2D eigenvalue weighted by Crippen LogP contribution is -2.20. The van der Waals surface area contributed by atoms with Crippen molar-refractivity contribution >= 4 is 20.7 Å². The van der Waals surface area contributed by atoms with E-state index in [1.807, 2.05) is 30.3 Å². The topological polar surface area (TPSA) is 80.3 Å². The minimum absolute atomic E-state index is 0.107. The van der Waals surface area contributed by atoms with Crippen molar-refractivity contribution in [1.29, 1.82) is 0 Å². The maximum absolute atomic E-state index is 13.4. The molecule has 0 saturated carbocycles. The van der Waals surface area contributed by atoms with Crippen LogP contribution in [0.3, 0.4) is 0 Å². The molecule has 0 radical (unpaired) electrons. The number of hydrogen-bond donors (Lipinski definition) is 0. The average molecular weight is 410 g/mol. The lowest BCUT2D eigenvalue weighted by atomic mass is 10.0. The van der Waals surface area contributed by atoms with Gasteiger partial charge in [-0.05, 0) is 25.0 Å². The van der Waals surface area contributed by atoms with Crippen LogP contribution in [0.2, 0.25) is 0 Å². The van der Waals surface area contributed by atoms with Gasteiger partial charge >= 0.3 is 15.4 Å². The fourth-order valence-electron chi connectivity index (χ4n) is 2.93. The van der Waals surface area contributed by atoms with Crippen molar-refractivity contribution in [3.8, 4) is 16.9 Å². The molecule has 2 heterocycles. The van der Waals surface area contributed by atoms with E-state index in [-0.39, 0.29) is 13.2 Å². The third-order valence-electron chi connectivity index (χ3n) is 4.18. The lowest BCUT2D eigenvalue weighted by Gasteiger charge is -2.27. The first-order chi connectivity index (χ1) is 13.1. The van der Waals surface area contributed by atoms with E-state index < -0.39 is 15.4 Å². The monoisotopic (exact) mass is 410 g/mol. The van der Waals surface area contributed by atoms with Crippen molar-refractivity contribution in [3.63, 3.8) is 0 Å². The Morgan fingerprint density at radius 3 is 2.33 bits per heavy atom. The van der Waals surface area contributed by atoms with Gasteiger partial charge in [0.2, 0.25) is 0 Å². The summed E-state index contributed by atoms with van der Waals surface area (Å²) in [5.41, 5.74) is 1.73. The van der Waals surface area contributed by atoms with E-state index in [1.165, 1.54) is 0 Å². The molecule has 144 valence electrons. The molecular weight excluding hydrogens is 390 g/mol. The van der Waals surface area contributed by atoms with Crippen LogP contribution in [0.15, 0.2) is 48.5 Å². The van der Waals surface area contributed by atoms with Crippen LogP contribution >= 0.6 is 15.4 Å². The number of benzene rings is 2. The minimum Gasteiger partial charge on any atom is -0.421 e. The van der Waals surface area contributed by atoms with Crippen LogP contribution in [0, 0.1) is 0 Å². The standard InChI is InChI=1S/C18H20O7P2/c19-26(21-11-5-12-22-27(20)23-13-6-14-24-27)18-10-4-2-8-16(18)15-7-1-3-9-17(15)25-26/h1-4,7-10H,5-6,11-14H2. The van der Waals surface area contributed by atoms with Gasteiger partial charge in [-0.25, -0.2) is 9.13 Å². The van der Waals surface area contributed by atoms with Crippen LogP contribution in [0.25, 0.3) is 11.1 Å². The highest BCUT2D eigenvalue weighted by molar-refractivity contribution is 7.63. The first kappa shape index (κ1) is 18.9. The summed E-state index contributed by atoms with van der Waals surface area (Å²) in [6.07, 6.45) is 1.06. The van der Waals surface area contributed by atoms with Crippen molar-refractivity contribution in [2.24, 2.45) is 0 Å². The molecule has 1 atom stereocenters. The molecule has 0 N–H and O–H groups in total. The van der Waals surface area contributed by atoms with Crippen molar-refractivity contribution in [2.75, 3.05) is 26.4 Å². The second kappa shape index (κ2) is 7.88. The summed E-state index contributed by atoms with van der Waals surface area (Å²) in [6.45, 7) is 0.934. The highest BCUT2D eigenvalue weighted by atomic mass is 31.2. The predicted molar refractivity (Wildman–Crippen MR) is 100 cm³/mol. The van der Waals surface area contributed by atoms with Crippen LogP contribution in [0.1, 0.15) is 12.8 Å². The summed E-state index contributed by atoms with van der Waals surface area (Å²) in [5, 5.41) is 0.538. The molecule has 27 heavy (non-hydrogen) atoms. The maximum atomic E-state index is 13.4. The molecule has 2 aromatic rings. The molecule has 2 aliphatic rings. The Balaban J connectivity index is 1.40. The summed E-state index contributed by atoms with van der Waals surface area (Å²) < 4.78 is 52.2. The normalized spacial score (nSPS) is 23.1. The molecule has 0 amide bonds. The smallest absolute Gasteiger partial charge is 0.421 e. The fraction of sp³-hybridized carbons (Fsp3) is 0.333. The summed E-state index contributed by atoms with van der Waals surface area (Å²) in [7, 11) is -6.97. The van der Waals surface area contributed by atoms with E-state index in [1.54, 1.807) is 18.2 Å². The molecule has 9 heteroatoms. The molecule has 1 fully saturated rings. The minimum atomic E-state index is -3.51. The third kappa shape index (κ3) is 4.04. The van der Waals surface area contributed by atoms with E-state index >= 15 is 0 Å². The largest absolute Gasteiger partial charge is 0.474 e. The van der Waals surface area contributed by atoms with Crippen molar-refractivity contribution in [3.05, 3.63) is 48.5 Å². The number of phosphoric ester groups is 1. The molecule has 0 aromatic heterocycles. The van der Waals surface area contributed by atoms with Gasteiger partial charge in [-0.15, -0.1) is 0 Å². The number of fused-ring (bicyclic) bond motifs is 3. The average Bonchev–Trinajstić information content (AvgIpc) is 2.68. The molecule has 2 aromatic carbocycles. The Bertz CT molecular complexity index is 904. The third-order valence-corrected chi connectivity index (χ3v) is 7.62. The Hall–Kier alpha value is -1.46. The predicted octanol–water partition coefficient (Wildman–Crippen LogP) is 4.53. The molecule has 7 nitrogen and oxygen atoms in total. The molecule has 0 bridgehead atoms. The van der Waals surface area contributed by atoms with Crippen molar-refractivity contribution in [2.45, 2.75) is 12.8 Å². The maximum Gasteiger partial charge on any atom is 0.474 e. The molecular formula is C18H20O7P2. The van der Waals surface area contributed by atoms with Crippen LogP contribution in [0.5, 0.6) is 5.75 Å². The molecule has 2 aliphatic heterocycles. The van der Waals surface area contributed by atoms with Gasteiger partial charge in [0.15, 0.2) is 0 Å². The summed E-state index contributed by atoms with van der Waals surface area (Å²) >= 11 is 0. The van der Waals surface area contributed by atoms with Gasteiger partial charge < -0.3 is 4.52 Å². The zero-order valence-electron chi connectivity index (χ0n) is 14.6. The highest BCUT2D eigenvalue weighted by Crippen LogP contribution is 2.55. The van der Waals surface area contributed by atoms with E-state index in [0.717, 1.165) is 11.1 Å². The number of rotatable bonds is 6. The number of para-hydroxylation sites is 1. The molecule has 1 unspecified atom stereocenters. The summed E-state index contributed by atoms with van der Waals surface area (Å²) in [4.78, 5) is 0. The Morgan fingerprint density at radius 2 is 1.52 bits per heavy atom. The van der Waals surface area contributed by atoms with Crippen molar-refractivity contribution in [1.82, 2.24) is 0 Å². The van der Waals surface area contributed by atoms with Crippen LogP contribution in [-0.2, 0) is 27.2 Å². The fourth-order valence-corrected chi connectivity index (χ4v) is 6.05. The van der Waals surface area contributed by atoms with Gasteiger partial charge in [0.1, 0.15) is 5.75 Å². The van der Waals surface area contributed by atoms with Crippen molar-refractivity contribution < 1.29 is 31.7 Å². The number of hydrogen-bond acceptors (Lipinski definition) is 7. The lowest BCUT2D eigenvalue weighted by molar-refractivity contribution is 0.0718. The van der Waals surface area contributed by atoms with Crippen LogP contribution in [0.4, 0.5) is 0 Å². The van der Waals surface area contributed by atoms with Crippen LogP contribution in [-0.4, -0.2) is 26.4 Å². The Morgan fingerprint density at radius 1 is 0.852 bits per heavy atom. The van der Waals surface area contributed by atoms with E-state index in [2.05, 4.69) is 0 Å². The molecule has 0 aliphatic carbocycles. The van der Waals surface area contributed by atoms with Gasteiger partial charge in [-0.3, -0.25) is 18.1 Å². The molecule has 0 spiro atoms. The second-order valence-electron chi connectivity index (χ2n) is 6.09. The van der Waals surface area contributed by atoms with Gasteiger partial charge in [0.05, 0.1) is 31.7 Å². The van der Waals surface area contributed by atoms with Gasteiger partial charge in [-0.1, -0.05) is 36.4 Å². The Labute approximate surface area is 157 Å².